The Morgan fingerprint density at radius 2 is 1.71 bits per heavy atom. The molecule has 0 bridgehead atoms. The van der Waals surface area contributed by atoms with Gasteiger partial charge in [-0.1, -0.05) is 43.7 Å². The lowest BCUT2D eigenvalue weighted by Crippen LogP contribution is -2.49. The lowest BCUT2D eigenvalue weighted by molar-refractivity contribution is -0.132. The number of carbonyl (C=O) groups is 2. The summed E-state index contributed by atoms with van der Waals surface area (Å²) in [6, 6.07) is 9.40. The minimum atomic E-state index is 0.154. The number of carbonyl (C=O) groups excluding carboxylic acids is 2. The molecule has 1 heterocycles. The highest BCUT2D eigenvalue weighted by Crippen LogP contribution is 2.08. The Morgan fingerprint density at radius 1 is 1.05 bits per heavy atom. The Balaban J connectivity index is 1.77. The van der Waals surface area contributed by atoms with Crippen molar-refractivity contribution in [1.29, 1.82) is 0 Å². The Kier molecular flexibility index (Phi) is 5.93. The highest BCUT2D eigenvalue weighted by molar-refractivity contribution is 5.97. The number of nitrogens with zero attached hydrogens (tertiary/aromatic N) is 2. The van der Waals surface area contributed by atoms with E-state index in [2.05, 4.69) is 11.8 Å². The predicted octanol–water partition coefficient (Wildman–Crippen LogP) is 2.20. The maximum Gasteiger partial charge on any atom is 0.222 e. The summed E-state index contributed by atoms with van der Waals surface area (Å²) in [5.41, 5.74) is 0.763. The molecular formula is C17H24N2O2. The summed E-state index contributed by atoms with van der Waals surface area (Å²) in [6.07, 6.45) is 2.67. The number of Topliss-reactive ketones (excluding diaryl/α,β-unsaturated/α-hetero) is 1. The molecule has 0 aromatic heterocycles. The van der Waals surface area contributed by atoms with Crippen LogP contribution in [-0.2, 0) is 4.79 Å². The molecule has 1 aliphatic heterocycles. The van der Waals surface area contributed by atoms with Gasteiger partial charge in [0.15, 0.2) is 5.78 Å². The minimum absolute atomic E-state index is 0.154. The van der Waals surface area contributed by atoms with E-state index in [9.17, 15) is 9.59 Å². The molecule has 114 valence electrons. The number of benzene rings is 1. The second-order valence-electron chi connectivity index (χ2n) is 5.55. The lowest BCUT2D eigenvalue weighted by atomic mass is 10.1. The van der Waals surface area contributed by atoms with Gasteiger partial charge in [-0.2, -0.15) is 0 Å². The average Bonchev–Trinajstić information content (AvgIpc) is 2.54. The third kappa shape index (κ3) is 4.67. The van der Waals surface area contributed by atoms with Gasteiger partial charge in [0.05, 0.1) is 6.54 Å². The van der Waals surface area contributed by atoms with E-state index in [1.807, 2.05) is 35.2 Å². The number of hydrogen-bond acceptors (Lipinski definition) is 3. The number of rotatable bonds is 6. The number of unbranched alkanes of at least 4 members (excludes halogenated alkanes) is 1. The molecule has 0 radical (unpaired) electrons. The highest BCUT2D eigenvalue weighted by Gasteiger charge is 2.22. The van der Waals surface area contributed by atoms with Crippen molar-refractivity contribution >= 4 is 11.7 Å². The van der Waals surface area contributed by atoms with Crippen molar-refractivity contribution in [2.75, 3.05) is 32.7 Å². The van der Waals surface area contributed by atoms with Gasteiger partial charge in [0.1, 0.15) is 0 Å². The first-order valence-corrected chi connectivity index (χ1v) is 7.79. The molecule has 1 aromatic carbocycles. The molecule has 0 N–H and O–H groups in total. The maximum atomic E-state index is 12.1. The van der Waals surface area contributed by atoms with Gasteiger partial charge in [-0.3, -0.25) is 14.5 Å². The van der Waals surface area contributed by atoms with Crippen LogP contribution in [-0.4, -0.2) is 54.2 Å². The molecule has 0 unspecified atom stereocenters. The van der Waals surface area contributed by atoms with Crippen LogP contribution in [0.2, 0.25) is 0 Å². The fourth-order valence-electron chi connectivity index (χ4n) is 2.56. The van der Waals surface area contributed by atoms with E-state index < -0.39 is 0 Å². The summed E-state index contributed by atoms with van der Waals surface area (Å²) in [7, 11) is 0. The fraction of sp³-hybridized carbons (Fsp3) is 0.529. The maximum absolute atomic E-state index is 12.1. The molecule has 1 amide bonds. The Labute approximate surface area is 126 Å². The Hall–Kier alpha value is -1.68. The van der Waals surface area contributed by atoms with E-state index in [0.29, 0.717) is 13.0 Å². The third-order valence-corrected chi connectivity index (χ3v) is 3.93. The van der Waals surface area contributed by atoms with E-state index in [1.54, 1.807) is 0 Å². The number of amides is 1. The molecule has 2 rings (SSSR count). The summed E-state index contributed by atoms with van der Waals surface area (Å²) in [6.45, 7) is 5.60. The molecule has 1 aliphatic rings. The molecule has 1 aromatic rings. The predicted molar refractivity (Wildman–Crippen MR) is 83.3 cm³/mol. The first kappa shape index (κ1) is 15.7. The van der Waals surface area contributed by atoms with Crippen molar-refractivity contribution in [2.24, 2.45) is 0 Å². The smallest absolute Gasteiger partial charge is 0.222 e. The molecule has 21 heavy (non-hydrogen) atoms. The van der Waals surface area contributed by atoms with Crippen LogP contribution in [0.4, 0.5) is 0 Å². The van der Waals surface area contributed by atoms with Gasteiger partial charge < -0.3 is 4.90 Å². The average molecular weight is 288 g/mol. The van der Waals surface area contributed by atoms with Crippen LogP contribution in [0.1, 0.15) is 36.5 Å². The number of piperazine rings is 1. The third-order valence-electron chi connectivity index (χ3n) is 3.93. The monoisotopic (exact) mass is 288 g/mol. The molecule has 4 nitrogen and oxygen atoms in total. The van der Waals surface area contributed by atoms with E-state index in [1.165, 1.54) is 0 Å². The van der Waals surface area contributed by atoms with Crippen LogP contribution < -0.4 is 0 Å². The van der Waals surface area contributed by atoms with Crippen LogP contribution in [0.3, 0.4) is 0 Å². The zero-order valence-corrected chi connectivity index (χ0v) is 12.8. The van der Waals surface area contributed by atoms with Gasteiger partial charge in [0, 0.05) is 38.2 Å². The SMILES string of the molecule is CCCCC(=O)N1CCN(CC(=O)c2ccccc2)CC1. The largest absolute Gasteiger partial charge is 0.340 e. The van der Waals surface area contributed by atoms with Gasteiger partial charge in [-0.15, -0.1) is 0 Å². The normalized spacial score (nSPS) is 16.0. The fourth-order valence-corrected chi connectivity index (χ4v) is 2.56. The molecule has 0 spiro atoms. The van der Waals surface area contributed by atoms with Crippen LogP contribution in [0.25, 0.3) is 0 Å². The minimum Gasteiger partial charge on any atom is -0.340 e. The lowest BCUT2D eigenvalue weighted by Gasteiger charge is -2.34. The first-order valence-electron chi connectivity index (χ1n) is 7.79. The van der Waals surface area contributed by atoms with E-state index >= 15 is 0 Å². The zero-order chi connectivity index (χ0) is 15.1. The topological polar surface area (TPSA) is 40.6 Å². The summed E-state index contributed by atoms with van der Waals surface area (Å²) < 4.78 is 0. The van der Waals surface area contributed by atoms with Gasteiger partial charge in [0.2, 0.25) is 5.91 Å². The van der Waals surface area contributed by atoms with Crippen LogP contribution in [0, 0.1) is 0 Å². The molecule has 0 aliphatic carbocycles. The summed E-state index contributed by atoms with van der Waals surface area (Å²) in [5.74, 6) is 0.409. The van der Waals surface area contributed by atoms with Crippen molar-refractivity contribution in [1.82, 2.24) is 9.80 Å². The number of hydrogen-bond donors (Lipinski definition) is 0. The van der Waals surface area contributed by atoms with Crippen LogP contribution in [0.15, 0.2) is 30.3 Å². The van der Waals surface area contributed by atoms with Crippen molar-refractivity contribution in [3.8, 4) is 0 Å². The van der Waals surface area contributed by atoms with E-state index in [4.69, 9.17) is 0 Å². The van der Waals surface area contributed by atoms with Crippen molar-refractivity contribution in [3.63, 3.8) is 0 Å². The molecule has 1 fully saturated rings. The number of ketones is 1. The van der Waals surface area contributed by atoms with Gasteiger partial charge in [0.25, 0.3) is 0 Å². The van der Waals surface area contributed by atoms with Gasteiger partial charge >= 0.3 is 0 Å². The standard InChI is InChI=1S/C17H24N2O2/c1-2-3-9-17(21)19-12-10-18(11-13-19)14-16(20)15-7-5-4-6-8-15/h4-8H,2-3,9-14H2,1H3. The summed E-state index contributed by atoms with van der Waals surface area (Å²) in [4.78, 5) is 28.2. The van der Waals surface area contributed by atoms with E-state index in [0.717, 1.165) is 44.6 Å². The molecule has 0 saturated carbocycles. The summed E-state index contributed by atoms with van der Waals surface area (Å²) in [5, 5.41) is 0. The first-order chi connectivity index (χ1) is 10.2. The van der Waals surface area contributed by atoms with Crippen molar-refractivity contribution in [3.05, 3.63) is 35.9 Å². The summed E-state index contributed by atoms with van der Waals surface area (Å²) >= 11 is 0. The van der Waals surface area contributed by atoms with Crippen LogP contribution in [0.5, 0.6) is 0 Å². The van der Waals surface area contributed by atoms with Crippen molar-refractivity contribution in [2.45, 2.75) is 26.2 Å². The Bertz CT molecular complexity index is 465. The van der Waals surface area contributed by atoms with Gasteiger partial charge in [-0.05, 0) is 6.42 Å². The molecular weight excluding hydrogens is 264 g/mol. The Morgan fingerprint density at radius 3 is 2.33 bits per heavy atom. The zero-order valence-electron chi connectivity index (χ0n) is 12.8. The second kappa shape index (κ2) is 7.93. The van der Waals surface area contributed by atoms with Crippen LogP contribution >= 0.6 is 0 Å². The highest BCUT2D eigenvalue weighted by atomic mass is 16.2. The molecule has 0 atom stereocenters. The molecule has 1 saturated heterocycles. The molecule has 4 heteroatoms. The van der Waals surface area contributed by atoms with E-state index in [-0.39, 0.29) is 11.7 Å². The van der Waals surface area contributed by atoms with Crippen molar-refractivity contribution < 1.29 is 9.59 Å². The quantitative estimate of drug-likeness (QED) is 0.754. The van der Waals surface area contributed by atoms with Gasteiger partial charge in [-0.25, -0.2) is 0 Å². The second-order valence-corrected chi connectivity index (χ2v) is 5.55.